The highest BCUT2D eigenvalue weighted by Gasteiger charge is 2.26. The molecule has 0 spiro atoms. The summed E-state index contributed by atoms with van der Waals surface area (Å²) in [5.74, 6) is 0. The van der Waals surface area contributed by atoms with Gasteiger partial charge in [-0.05, 0) is 0 Å². The molecule has 3 N–H and O–H groups in total. The van der Waals surface area contributed by atoms with E-state index in [-0.39, 0.29) is 6.54 Å². The molecule has 3 atom stereocenters. The lowest BCUT2D eigenvalue weighted by molar-refractivity contribution is -0.0370. The van der Waals surface area contributed by atoms with Gasteiger partial charge in [-0.3, -0.25) is 5.01 Å². The van der Waals surface area contributed by atoms with Crippen molar-refractivity contribution in [3.63, 3.8) is 0 Å². The van der Waals surface area contributed by atoms with Crippen molar-refractivity contribution in [2.45, 2.75) is 18.3 Å². The van der Waals surface area contributed by atoms with Crippen LogP contribution >= 0.6 is 0 Å². The minimum absolute atomic E-state index is 0.231. The Kier molecular flexibility index (Phi) is 2.43. The van der Waals surface area contributed by atoms with E-state index in [4.69, 9.17) is 15.3 Å². The Balaban J connectivity index is 2.65. The second-order valence-corrected chi connectivity index (χ2v) is 2.65. The molecule has 5 nitrogen and oxygen atoms in total. The fourth-order valence-electron chi connectivity index (χ4n) is 0.924. The molecule has 0 radical (unpaired) electrons. The fraction of sp³-hybridized carbons (Fsp3) is 0.833. The Morgan fingerprint density at radius 3 is 2.73 bits per heavy atom. The van der Waals surface area contributed by atoms with Crippen LogP contribution < -0.4 is 0 Å². The van der Waals surface area contributed by atoms with Gasteiger partial charge in [-0.1, -0.05) is 0 Å². The van der Waals surface area contributed by atoms with Gasteiger partial charge in [-0.25, -0.2) is 0 Å². The Morgan fingerprint density at radius 1 is 1.45 bits per heavy atom. The molecule has 0 unspecified atom stereocenters. The average Bonchev–Trinajstić information content (AvgIpc) is 2.05. The summed E-state index contributed by atoms with van der Waals surface area (Å²) in [5, 5.41) is 32.6. The van der Waals surface area contributed by atoms with E-state index < -0.39 is 18.3 Å². The van der Waals surface area contributed by atoms with Gasteiger partial charge in [0.15, 0.2) is 0 Å². The highest BCUT2D eigenvalue weighted by atomic mass is 16.4. The number of aliphatic hydroxyl groups is 3. The number of aliphatic hydroxyl groups excluding tert-OH is 3. The molecule has 1 aliphatic heterocycles. The molecule has 0 saturated heterocycles. The first-order valence-electron chi connectivity index (χ1n) is 3.40. The van der Waals surface area contributed by atoms with E-state index in [0.29, 0.717) is 0 Å². The number of β-amino-alcohol motifs (C(OH)–C–C–N with tert-alkyl or cyclic N) is 1. The molecule has 1 heterocycles. The molecule has 0 aromatic carbocycles. The van der Waals surface area contributed by atoms with Gasteiger partial charge in [0.1, 0.15) is 18.3 Å². The molecular formula is C6H12N2O3. The molecule has 0 amide bonds. The molecule has 0 aromatic heterocycles. The van der Waals surface area contributed by atoms with Crippen LogP contribution in [0.25, 0.3) is 0 Å². The number of likely N-dealkylation sites (N-methyl/N-ethyl adjacent to an activating group) is 1. The van der Waals surface area contributed by atoms with Crippen LogP contribution in [-0.2, 0) is 0 Å². The van der Waals surface area contributed by atoms with Crippen LogP contribution in [0.2, 0.25) is 0 Å². The molecule has 0 bridgehead atoms. The van der Waals surface area contributed by atoms with Gasteiger partial charge < -0.3 is 15.3 Å². The van der Waals surface area contributed by atoms with Gasteiger partial charge in [0.2, 0.25) is 0 Å². The average molecular weight is 160 g/mol. The molecule has 0 saturated carbocycles. The number of nitrogens with zero attached hydrogens (tertiary/aromatic N) is 2. The summed E-state index contributed by atoms with van der Waals surface area (Å²) < 4.78 is 0. The van der Waals surface area contributed by atoms with Crippen LogP contribution in [0.3, 0.4) is 0 Å². The van der Waals surface area contributed by atoms with E-state index in [1.54, 1.807) is 7.05 Å². The molecule has 0 aromatic rings. The van der Waals surface area contributed by atoms with Crippen molar-refractivity contribution >= 4 is 6.21 Å². The number of hydrazone groups is 1. The summed E-state index contributed by atoms with van der Waals surface area (Å²) >= 11 is 0. The predicted octanol–water partition coefficient (Wildman–Crippen LogP) is -2.00. The zero-order valence-electron chi connectivity index (χ0n) is 6.25. The standard InChI is InChI=1S/C6H12N2O3/c1-8-3-5(10)6(11)4(9)2-7-8/h2,4-6,9-11H,3H2,1H3/t4-,5+,6+/m0/s1. The Bertz CT molecular complexity index is 162. The minimum Gasteiger partial charge on any atom is -0.388 e. The summed E-state index contributed by atoms with van der Waals surface area (Å²) in [5.41, 5.74) is 0. The third kappa shape index (κ3) is 1.89. The molecule has 0 aliphatic carbocycles. The van der Waals surface area contributed by atoms with Gasteiger partial charge in [0.25, 0.3) is 0 Å². The minimum atomic E-state index is -1.14. The maximum Gasteiger partial charge on any atom is 0.119 e. The third-order valence-corrected chi connectivity index (χ3v) is 1.61. The fourth-order valence-corrected chi connectivity index (χ4v) is 0.924. The lowest BCUT2D eigenvalue weighted by atomic mass is 10.1. The predicted molar refractivity (Wildman–Crippen MR) is 39.1 cm³/mol. The Morgan fingerprint density at radius 2 is 2.09 bits per heavy atom. The maximum atomic E-state index is 9.17. The van der Waals surface area contributed by atoms with Crippen molar-refractivity contribution in [3.8, 4) is 0 Å². The summed E-state index contributed by atoms with van der Waals surface area (Å²) in [7, 11) is 1.66. The number of hydrogen-bond donors (Lipinski definition) is 3. The second-order valence-electron chi connectivity index (χ2n) is 2.65. The zero-order chi connectivity index (χ0) is 8.43. The maximum absolute atomic E-state index is 9.17. The second kappa shape index (κ2) is 3.17. The first-order valence-corrected chi connectivity index (χ1v) is 3.40. The van der Waals surface area contributed by atoms with Crippen LogP contribution in [0, 0.1) is 0 Å². The SMILES string of the molecule is CN1C[C@@H](O)[C@H](O)[C@@H](O)C=N1. The van der Waals surface area contributed by atoms with Gasteiger partial charge in [0.05, 0.1) is 12.8 Å². The van der Waals surface area contributed by atoms with Crippen LogP contribution in [0.4, 0.5) is 0 Å². The van der Waals surface area contributed by atoms with Gasteiger partial charge >= 0.3 is 0 Å². The Hall–Kier alpha value is -0.650. The molecule has 64 valence electrons. The first kappa shape index (κ1) is 8.45. The van der Waals surface area contributed by atoms with Crippen molar-refractivity contribution < 1.29 is 15.3 Å². The van der Waals surface area contributed by atoms with Crippen molar-refractivity contribution in [2.75, 3.05) is 13.6 Å². The normalized spacial score (nSPS) is 38.9. The van der Waals surface area contributed by atoms with E-state index in [9.17, 15) is 0 Å². The van der Waals surface area contributed by atoms with E-state index in [0.717, 1.165) is 0 Å². The molecule has 5 heteroatoms. The summed E-state index contributed by atoms with van der Waals surface area (Å²) in [4.78, 5) is 0. The van der Waals surface area contributed by atoms with Gasteiger partial charge in [-0.2, -0.15) is 5.10 Å². The van der Waals surface area contributed by atoms with Crippen LogP contribution in [-0.4, -0.2) is 58.4 Å². The monoisotopic (exact) mass is 160 g/mol. The first-order chi connectivity index (χ1) is 5.11. The molecule has 1 rings (SSSR count). The number of hydrogen-bond acceptors (Lipinski definition) is 5. The van der Waals surface area contributed by atoms with Crippen molar-refractivity contribution in [1.82, 2.24) is 5.01 Å². The summed E-state index contributed by atoms with van der Waals surface area (Å²) in [6.45, 7) is 0.231. The third-order valence-electron chi connectivity index (χ3n) is 1.61. The topological polar surface area (TPSA) is 76.3 Å². The van der Waals surface area contributed by atoms with Crippen molar-refractivity contribution in [1.29, 1.82) is 0 Å². The zero-order valence-corrected chi connectivity index (χ0v) is 6.25. The highest BCUT2D eigenvalue weighted by molar-refractivity contribution is 5.63. The summed E-state index contributed by atoms with van der Waals surface area (Å²) in [6, 6.07) is 0. The smallest absolute Gasteiger partial charge is 0.119 e. The lowest BCUT2D eigenvalue weighted by Gasteiger charge is -2.18. The van der Waals surface area contributed by atoms with Gasteiger partial charge in [0, 0.05) is 7.05 Å². The van der Waals surface area contributed by atoms with Crippen molar-refractivity contribution in [3.05, 3.63) is 0 Å². The molecule has 11 heavy (non-hydrogen) atoms. The van der Waals surface area contributed by atoms with E-state index in [2.05, 4.69) is 5.10 Å². The van der Waals surface area contributed by atoms with Crippen LogP contribution in [0.1, 0.15) is 0 Å². The van der Waals surface area contributed by atoms with Gasteiger partial charge in [-0.15, -0.1) is 0 Å². The van der Waals surface area contributed by atoms with Crippen LogP contribution in [0.15, 0.2) is 5.10 Å². The van der Waals surface area contributed by atoms with E-state index in [1.165, 1.54) is 11.2 Å². The molecular weight excluding hydrogens is 148 g/mol. The molecule has 1 aliphatic rings. The Labute approximate surface area is 64.6 Å². The molecule has 0 fully saturated rings. The van der Waals surface area contributed by atoms with Crippen molar-refractivity contribution in [2.24, 2.45) is 5.10 Å². The van der Waals surface area contributed by atoms with Crippen LogP contribution in [0.5, 0.6) is 0 Å². The highest BCUT2D eigenvalue weighted by Crippen LogP contribution is 2.04. The summed E-state index contributed by atoms with van der Waals surface area (Å²) in [6.07, 6.45) is -1.95. The largest absolute Gasteiger partial charge is 0.388 e. The van der Waals surface area contributed by atoms with E-state index >= 15 is 0 Å². The van der Waals surface area contributed by atoms with E-state index in [1.807, 2.05) is 0 Å². The number of rotatable bonds is 0. The lowest BCUT2D eigenvalue weighted by Crippen LogP contribution is -2.40. The quantitative estimate of drug-likeness (QED) is 0.383.